The molecule has 2 aromatic heterocycles. The number of aromatic nitrogens is 3. The monoisotopic (exact) mass is 551 g/mol. The Morgan fingerprint density at radius 3 is 2.47 bits per heavy atom. The Hall–Kier alpha value is -2.79. The van der Waals surface area contributed by atoms with Gasteiger partial charge in [-0.15, -0.1) is 0 Å². The molecule has 4 heterocycles. The van der Waals surface area contributed by atoms with Crippen LogP contribution in [0.1, 0.15) is 30.0 Å². The van der Waals surface area contributed by atoms with Crippen molar-refractivity contribution in [1.82, 2.24) is 19.9 Å². The summed E-state index contributed by atoms with van der Waals surface area (Å²) in [4.78, 5) is 21.2. The zero-order valence-electron chi connectivity index (χ0n) is 21.6. The highest BCUT2D eigenvalue weighted by Crippen LogP contribution is 2.51. The van der Waals surface area contributed by atoms with Gasteiger partial charge in [-0.05, 0) is 61.1 Å². The molecule has 0 bridgehead atoms. The highest BCUT2D eigenvalue weighted by molar-refractivity contribution is 7.99. The summed E-state index contributed by atoms with van der Waals surface area (Å²) in [5, 5.41) is 0.993. The largest absolute Gasteiger partial charge is 0.382 e. The van der Waals surface area contributed by atoms with Gasteiger partial charge in [0.05, 0.1) is 11.2 Å². The number of piperidine rings is 1. The van der Waals surface area contributed by atoms with Crippen LogP contribution in [-0.2, 0) is 6.42 Å². The molecular formula is C27H34ClN9S. The molecule has 0 radical (unpaired) electrons. The molecule has 1 atom stereocenters. The summed E-state index contributed by atoms with van der Waals surface area (Å²) < 4.78 is 0. The van der Waals surface area contributed by atoms with Crippen LogP contribution >= 0.6 is 23.4 Å². The number of hydrogen-bond donors (Lipinski definition) is 3. The van der Waals surface area contributed by atoms with Gasteiger partial charge in [-0.1, -0.05) is 29.4 Å². The average molecular weight is 552 g/mol. The van der Waals surface area contributed by atoms with Crippen molar-refractivity contribution in [2.24, 2.45) is 11.1 Å². The molecule has 200 valence electrons. The summed E-state index contributed by atoms with van der Waals surface area (Å²) in [6, 6.07) is 8.81. The third-order valence-corrected chi connectivity index (χ3v) is 10.0. The number of nitrogen functional groups attached to an aromatic ring is 2. The molecule has 2 aliphatic heterocycles. The molecule has 0 amide bonds. The predicted molar refractivity (Wildman–Crippen MR) is 155 cm³/mol. The van der Waals surface area contributed by atoms with Crippen molar-refractivity contribution in [2.45, 2.75) is 35.2 Å². The summed E-state index contributed by atoms with van der Waals surface area (Å²) >= 11 is 7.63. The van der Waals surface area contributed by atoms with E-state index in [1.807, 2.05) is 0 Å². The molecule has 1 aromatic carbocycles. The number of fused-ring (bicyclic) bond motifs is 1. The van der Waals surface area contributed by atoms with Crippen molar-refractivity contribution in [3.63, 3.8) is 0 Å². The lowest BCUT2D eigenvalue weighted by molar-refractivity contribution is 0.187. The predicted octanol–water partition coefficient (Wildman–Crippen LogP) is 3.44. The highest BCUT2D eigenvalue weighted by atomic mass is 35.5. The van der Waals surface area contributed by atoms with Gasteiger partial charge in [0.25, 0.3) is 0 Å². The van der Waals surface area contributed by atoms with E-state index < -0.39 is 0 Å². The first-order valence-electron chi connectivity index (χ1n) is 13.1. The second-order valence-corrected chi connectivity index (χ2v) is 12.1. The van der Waals surface area contributed by atoms with E-state index in [0.29, 0.717) is 15.9 Å². The van der Waals surface area contributed by atoms with Crippen molar-refractivity contribution in [2.75, 3.05) is 67.6 Å². The zero-order valence-corrected chi connectivity index (χ0v) is 23.2. The number of benzene rings is 1. The number of halogens is 1. The Balaban J connectivity index is 1.13. The molecular weight excluding hydrogens is 518 g/mol. The number of pyridine rings is 1. The molecule has 2 fully saturated rings. The van der Waals surface area contributed by atoms with Crippen molar-refractivity contribution in [3.05, 3.63) is 52.8 Å². The molecule has 3 aliphatic rings. The first kappa shape index (κ1) is 25.5. The Bertz CT molecular complexity index is 1340. The van der Waals surface area contributed by atoms with Crippen LogP contribution in [0.5, 0.6) is 0 Å². The van der Waals surface area contributed by atoms with Crippen molar-refractivity contribution < 1.29 is 0 Å². The van der Waals surface area contributed by atoms with E-state index in [2.05, 4.69) is 54.9 Å². The summed E-state index contributed by atoms with van der Waals surface area (Å²) in [6.45, 7) is 6.08. The van der Waals surface area contributed by atoms with Gasteiger partial charge in [0.1, 0.15) is 16.7 Å². The van der Waals surface area contributed by atoms with E-state index >= 15 is 0 Å². The molecule has 6 N–H and O–H groups in total. The van der Waals surface area contributed by atoms with Crippen molar-refractivity contribution >= 4 is 46.5 Å². The van der Waals surface area contributed by atoms with Crippen LogP contribution < -0.4 is 27.0 Å². The summed E-state index contributed by atoms with van der Waals surface area (Å²) in [5.74, 6) is 1.45. The SMILES string of the molecule is CN1CCN(c2ccc3c(c2)[C@@H](N)C2(CCN(c4cnc(Sc5ccnc(N)c5Cl)c(N)n4)CC2)C3)CC1. The Kier molecular flexibility index (Phi) is 6.75. The molecule has 1 aliphatic carbocycles. The quantitative estimate of drug-likeness (QED) is 0.444. The van der Waals surface area contributed by atoms with Gasteiger partial charge in [0, 0.05) is 62.1 Å². The fourth-order valence-electron chi connectivity index (χ4n) is 6.02. The lowest BCUT2D eigenvalue weighted by Gasteiger charge is -2.42. The minimum absolute atomic E-state index is 0.0551. The van der Waals surface area contributed by atoms with Crippen LogP contribution in [0.15, 0.2) is 46.6 Å². The third kappa shape index (κ3) is 4.64. The number of rotatable bonds is 4. The molecule has 6 rings (SSSR count). The minimum atomic E-state index is 0.0551. The number of piperazine rings is 1. The second-order valence-electron chi connectivity index (χ2n) is 10.7. The minimum Gasteiger partial charge on any atom is -0.382 e. The lowest BCUT2D eigenvalue weighted by Crippen LogP contribution is -2.45. The average Bonchev–Trinajstić information content (AvgIpc) is 3.19. The standard InChI is InChI=1S/C27H34ClN9S/c1-35-10-12-36(13-11-35)18-3-2-17-15-27(23(29)19(17)14-18)5-8-37(9-6-27)21-16-33-26(25(31)34-21)38-20-4-7-32-24(30)22(20)28/h2-4,7,14,16,23H,5-6,8-13,15,29H2,1H3,(H2,30,32)(H2,31,34)/t23-/m1/s1. The number of nitrogens with zero attached hydrogens (tertiary/aromatic N) is 6. The molecule has 38 heavy (non-hydrogen) atoms. The summed E-state index contributed by atoms with van der Waals surface area (Å²) in [7, 11) is 2.19. The first-order valence-corrected chi connectivity index (χ1v) is 14.3. The van der Waals surface area contributed by atoms with Crippen LogP contribution in [0.25, 0.3) is 0 Å². The number of likely N-dealkylation sites (N-methyl/N-ethyl adjacent to an activating group) is 1. The van der Waals surface area contributed by atoms with Crippen molar-refractivity contribution in [1.29, 1.82) is 0 Å². The molecule has 11 heteroatoms. The van der Waals surface area contributed by atoms with E-state index in [4.69, 9.17) is 28.8 Å². The van der Waals surface area contributed by atoms with E-state index in [0.717, 1.165) is 69.2 Å². The fourth-order valence-corrected chi connectivity index (χ4v) is 7.03. The topological polar surface area (TPSA) is 126 Å². The normalized spacial score (nSPS) is 21.2. The van der Waals surface area contributed by atoms with Gasteiger partial charge in [0.2, 0.25) is 0 Å². The molecule has 1 spiro atoms. The Morgan fingerprint density at radius 1 is 0.974 bits per heavy atom. The van der Waals surface area contributed by atoms with Gasteiger partial charge in [-0.25, -0.2) is 15.0 Å². The second kappa shape index (κ2) is 10.1. The summed E-state index contributed by atoms with van der Waals surface area (Å²) in [5.41, 5.74) is 23.2. The van der Waals surface area contributed by atoms with Gasteiger partial charge in [-0.3, -0.25) is 0 Å². The van der Waals surface area contributed by atoms with Crippen molar-refractivity contribution in [3.8, 4) is 0 Å². The Morgan fingerprint density at radius 2 is 1.74 bits per heavy atom. The van der Waals surface area contributed by atoms with Crippen LogP contribution in [0, 0.1) is 5.41 Å². The molecule has 2 saturated heterocycles. The Labute approximate surface area is 232 Å². The maximum atomic E-state index is 6.98. The molecule has 9 nitrogen and oxygen atoms in total. The molecule has 0 unspecified atom stereocenters. The van der Waals surface area contributed by atoms with E-state index in [1.165, 1.54) is 28.6 Å². The lowest BCUT2D eigenvalue weighted by atomic mass is 9.73. The molecule has 3 aromatic rings. The van der Waals surface area contributed by atoms with Crippen LogP contribution in [0.3, 0.4) is 0 Å². The smallest absolute Gasteiger partial charge is 0.158 e. The van der Waals surface area contributed by atoms with E-state index in [1.54, 1.807) is 18.5 Å². The third-order valence-electron chi connectivity index (χ3n) is 8.46. The van der Waals surface area contributed by atoms with Gasteiger partial charge >= 0.3 is 0 Å². The van der Waals surface area contributed by atoms with Gasteiger partial charge in [0.15, 0.2) is 5.82 Å². The number of hydrogen-bond acceptors (Lipinski definition) is 10. The summed E-state index contributed by atoms with van der Waals surface area (Å²) in [6.07, 6.45) is 6.47. The maximum absolute atomic E-state index is 6.98. The number of nitrogens with two attached hydrogens (primary N) is 3. The highest BCUT2D eigenvalue weighted by Gasteiger charge is 2.46. The van der Waals surface area contributed by atoms with Crippen LogP contribution in [0.2, 0.25) is 5.02 Å². The first-order chi connectivity index (χ1) is 18.3. The maximum Gasteiger partial charge on any atom is 0.158 e. The fraction of sp³-hybridized carbons (Fsp3) is 0.444. The molecule has 0 saturated carbocycles. The van der Waals surface area contributed by atoms with Crippen LogP contribution in [-0.4, -0.2) is 66.2 Å². The van der Waals surface area contributed by atoms with Crippen LogP contribution in [0.4, 0.5) is 23.1 Å². The number of anilines is 4. The van der Waals surface area contributed by atoms with E-state index in [9.17, 15) is 0 Å². The van der Waals surface area contributed by atoms with Gasteiger partial charge in [-0.2, -0.15) is 0 Å². The van der Waals surface area contributed by atoms with Gasteiger partial charge < -0.3 is 31.9 Å². The van der Waals surface area contributed by atoms with E-state index in [-0.39, 0.29) is 17.3 Å². The zero-order chi connectivity index (χ0) is 26.4.